The van der Waals surface area contributed by atoms with Crippen molar-refractivity contribution in [1.29, 1.82) is 0 Å². The highest BCUT2D eigenvalue weighted by Crippen LogP contribution is 2.27. The fraction of sp³-hybridized carbons (Fsp3) is 0.200. The van der Waals surface area contributed by atoms with Gasteiger partial charge in [0.2, 0.25) is 0 Å². The predicted octanol–water partition coefficient (Wildman–Crippen LogP) is 5.34. The second-order valence-electron chi connectivity index (χ2n) is 8.09. The summed E-state index contributed by atoms with van der Waals surface area (Å²) in [6, 6.07) is 14.0. The molecule has 0 saturated carbocycles. The fourth-order valence-electron chi connectivity index (χ4n) is 3.43. The van der Waals surface area contributed by atoms with Crippen LogP contribution in [0.2, 0.25) is 0 Å². The van der Waals surface area contributed by atoms with Gasteiger partial charge >= 0.3 is 18.5 Å². The maximum atomic E-state index is 12.7. The quantitative estimate of drug-likeness (QED) is 0.225. The standard InChI is InChI=1S/C25H18F6N4O3.H2O/c1-15(18-6-11-21(32-13-18)24(26,27)28)37-22(36)12-16-2-4-17(5-3-16)23-33-14-35(34-23)19-7-9-20(10-8-19)38-25(29,30)31;/h2-11,13-15H,12H2,1H3;1H2. The van der Waals surface area contributed by atoms with Crippen molar-refractivity contribution in [3.63, 3.8) is 0 Å². The summed E-state index contributed by atoms with van der Waals surface area (Å²) in [6.45, 7) is 1.55. The molecule has 14 heteroatoms. The molecule has 0 aliphatic carbocycles. The number of nitrogens with one attached hydrogen (secondary N) is 1. The Morgan fingerprint density at radius 2 is 1.64 bits per heavy atom. The molecule has 39 heavy (non-hydrogen) atoms. The lowest BCUT2D eigenvalue weighted by Crippen LogP contribution is -2.22. The van der Waals surface area contributed by atoms with Crippen LogP contribution in [0, 0.1) is 0 Å². The zero-order chi connectivity index (χ0) is 27.5. The number of hydrogen-bond donors (Lipinski definition) is 0. The van der Waals surface area contributed by atoms with Crippen molar-refractivity contribution in [2.75, 3.05) is 0 Å². The van der Waals surface area contributed by atoms with E-state index in [0.717, 1.165) is 24.4 Å². The number of aromatic amines is 1. The molecule has 0 fully saturated rings. The number of carbonyl (C=O) groups excluding carboxylic acids is 1. The van der Waals surface area contributed by atoms with Gasteiger partial charge in [-0.15, -0.1) is 18.3 Å². The Balaban J connectivity index is 0.00000420. The van der Waals surface area contributed by atoms with Crippen molar-refractivity contribution in [1.82, 2.24) is 14.8 Å². The van der Waals surface area contributed by atoms with Crippen LogP contribution in [0.5, 0.6) is 5.75 Å². The topological polar surface area (TPSA) is 110 Å². The highest BCUT2D eigenvalue weighted by atomic mass is 19.4. The molecule has 1 atom stereocenters. The first-order chi connectivity index (χ1) is 17.9. The van der Waals surface area contributed by atoms with Crippen LogP contribution in [0.4, 0.5) is 26.3 Å². The predicted molar refractivity (Wildman–Crippen MR) is 122 cm³/mol. The molecule has 1 unspecified atom stereocenters. The number of hydrogen-bond acceptors (Lipinski definition) is 6. The Labute approximate surface area is 217 Å². The number of pyridine rings is 1. The average molecular weight is 554 g/mol. The van der Waals surface area contributed by atoms with E-state index in [4.69, 9.17) is 4.74 Å². The number of aromatic nitrogens is 4. The first kappa shape index (κ1) is 29.1. The van der Waals surface area contributed by atoms with Gasteiger partial charge in [-0.25, -0.2) is 14.6 Å². The van der Waals surface area contributed by atoms with E-state index in [9.17, 15) is 31.1 Å². The number of rotatable bonds is 7. The normalized spacial score (nSPS) is 12.4. The van der Waals surface area contributed by atoms with E-state index in [1.54, 1.807) is 31.2 Å². The van der Waals surface area contributed by atoms with E-state index in [1.807, 2.05) is 0 Å². The van der Waals surface area contributed by atoms with Gasteiger partial charge in [0.25, 0.3) is 5.69 Å². The molecule has 2 N–H and O–H groups in total. The van der Waals surface area contributed by atoms with Crippen LogP contribution >= 0.6 is 0 Å². The zero-order valence-electron chi connectivity index (χ0n) is 20.0. The molecule has 4 aromatic rings. The lowest BCUT2D eigenvalue weighted by atomic mass is 10.1. The number of benzene rings is 2. The molecule has 0 saturated heterocycles. The molecule has 0 bridgehead atoms. The van der Waals surface area contributed by atoms with Gasteiger partial charge in [-0.3, -0.25) is 4.79 Å². The molecule has 2 aromatic carbocycles. The molecule has 0 aliphatic heterocycles. The summed E-state index contributed by atoms with van der Waals surface area (Å²) < 4.78 is 85.6. The molecule has 0 amide bonds. The Morgan fingerprint density at radius 1 is 0.974 bits per heavy atom. The number of esters is 1. The van der Waals surface area contributed by atoms with E-state index in [-0.39, 0.29) is 17.6 Å². The molecular formula is C25H20F6N4O4. The largest absolute Gasteiger partial charge is 0.870 e. The first-order valence-corrected chi connectivity index (χ1v) is 11.0. The van der Waals surface area contributed by atoms with Crippen LogP contribution < -0.4 is 9.72 Å². The second kappa shape index (κ2) is 11.5. The summed E-state index contributed by atoms with van der Waals surface area (Å²) in [5.41, 5.74) is 1.20. The summed E-state index contributed by atoms with van der Waals surface area (Å²) in [6.07, 6.45) is -7.56. The third kappa shape index (κ3) is 7.77. The van der Waals surface area contributed by atoms with Crippen molar-refractivity contribution < 1.29 is 51.1 Å². The smallest absolute Gasteiger partial charge is 0.573 e. The summed E-state index contributed by atoms with van der Waals surface area (Å²) in [4.78, 5) is 18.7. The highest BCUT2D eigenvalue weighted by Gasteiger charge is 2.38. The number of halogens is 6. The third-order valence-corrected chi connectivity index (χ3v) is 5.31. The highest BCUT2D eigenvalue weighted by molar-refractivity contribution is 5.73. The van der Waals surface area contributed by atoms with Crippen molar-refractivity contribution >= 4 is 5.97 Å². The minimum atomic E-state index is -4.78. The van der Waals surface area contributed by atoms with Crippen LogP contribution in [0.25, 0.3) is 17.1 Å². The summed E-state index contributed by atoms with van der Waals surface area (Å²) in [7, 11) is 0. The first-order valence-electron chi connectivity index (χ1n) is 11.0. The van der Waals surface area contributed by atoms with Gasteiger partial charge < -0.3 is 14.9 Å². The van der Waals surface area contributed by atoms with Crippen molar-refractivity contribution in [3.8, 4) is 22.8 Å². The molecule has 4 rings (SSSR count). The van der Waals surface area contributed by atoms with E-state index in [2.05, 4.69) is 19.8 Å². The third-order valence-electron chi connectivity index (χ3n) is 5.31. The SMILES string of the molecule is CC(OC(=O)Cc1ccc(-c2ncn(-c3ccc(OC(F)(F)F)cc3)n2)cc1)c1ccc(C(F)(F)F)[nH+]c1.[OH-]. The van der Waals surface area contributed by atoms with Crippen LogP contribution in [-0.2, 0) is 22.1 Å². The lowest BCUT2D eigenvalue weighted by Gasteiger charge is -2.12. The average Bonchev–Trinajstić information content (AvgIpc) is 3.34. The van der Waals surface area contributed by atoms with Crippen LogP contribution in [0.3, 0.4) is 0 Å². The number of H-pyrrole nitrogens is 1. The Hall–Kier alpha value is -4.46. The number of carbonyl (C=O) groups is 1. The van der Waals surface area contributed by atoms with Crippen LogP contribution in [0.1, 0.15) is 29.8 Å². The molecule has 8 nitrogen and oxygen atoms in total. The minimum Gasteiger partial charge on any atom is -0.870 e. The molecule has 0 spiro atoms. The van der Waals surface area contributed by atoms with Crippen LogP contribution in [0.15, 0.2) is 73.2 Å². The van der Waals surface area contributed by atoms with Gasteiger partial charge in [-0.05, 0) is 42.8 Å². The number of nitrogens with zero attached hydrogens (tertiary/aromatic N) is 3. The number of ether oxygens (including phenoxy) is 2. The van der Waals surface area contributed by atoms with Gasteiger partial charge in [0, 0.05) is 11.6 Å². The molecule has 0 radical (unpaired) electrons. The van der Waals surface area contributed by atoms with Crippen molar-refractivity contribution in [3.05, 3.63) is 90.0 Å². The van der Waals surface area contributed by atoms with Crippen molar-refractivity contribution in [2.45, 2.75) is 32.0 Å². The van der Waals surface area contributed by atoms with Gasteiger partial charge in [0.1, 0.15) is 18.2 Å². The van der Waals surface area contributed by atoms with Gasteiger partial charge in [-0.1, -0.05) is 24.3 Å². The maximum Gasteiger partial charge on any atom is 0.573 e. The Morgan fingerprint density at radius 3 is 2.21 bits per heavy atom. The fourth-order valence-corrected chi connectivity index (χ4v) is 3.43. The Bertz CT molecular complexity index is 1390. The molecule has 206 valence electrons. The summed E-state index contributed by atoms with van der Waals surface area (Å²) in [5, 5.41) is 4.32. The lowest BCUT2D eigenvalue weighted by molar-refractivity contribution is -0.426. The van der Waals surface area contributed by atoms with Gasteiger partial charge in [-0.2, -0.15) is 13.2 Å². The monoisotopic (exact) mass is 554 g/mol. The molecule has 2 aromatic heterocycles. The Kier molecular flexibility index (Phi) is 8.59. The van der Waals surface area contributed by atoms with Gasteiger partial charge in [0.05, 0.1) is 17.7 Å². The van der Waals surface area contributed by atoms with Crippen molar-refractivity contribution in [2.24, 2.45) is 0 Å². The van der Waals surface area contributed by atoms with E-state index >= 15 is 0 Å². The molecule has 2 heterocycles. The van der Waals surface area contributed by atoms with E-state index in [1.165, 1.54) is 29.2 Å². The molecule has 0 aliphatic rings. The van der Waals surface area contributed by atoms with E-state index in [0.29, 0.717) is 28.2 Å². The van der Waals surface area contributed by atoms with Gasteiger partial charge in [0.15, 0.2) is 12.0 Å². The molecular weight excluding hydrogens is 534 g/mol. The summed E-state index contributed by atoms with van der Waals surface area (Å²) in [5.74, 6) is -0.574. The maximum absolute atomic E-state index is 12.7. The number of alkyl halides is 6. The minimum absolute atomic E-state index is 0. The summed E-state index contributed by atoms with van der Waals surface area (Å²) >= 11 is 0. The zero-order valence-corrected chi connectivity index (χ0v) is 20.0. The van der Waals surface area contributed by atoms with Crippen LogP contribution in [-0.4, -0.2) is 32.6 Å². The second-order valence-corrected chi connectivity index (χ2v) is 8.09. The van der Waals surface area contributed by atoms with E-state index < -0.39 is 30.3 Å².